The Labute approximate surface area is 124 Å². The SMILES string of the molecule is CC1CCC(N(C)C(CN)CCc2ccccc2)CC1. The molecule has 0 spiro atoms. The van der Waals surface area contributed by atoms with E-state index in [0.29, 0.717) is 6.04 Å². The van der Waals surface area contributed by atoms with E-state index in [2.05, 4.69) is 49.2 Å². The van der Waals surface area contributed by atoms with Gasteiger partial charge < -0.3 is 5.73 Å². The molecule has 2 N–H and O–H groups in total. The number of likely N-dealkylation sites (N-methyl/N-ethyl adjacent to an activating group) is 1. The van der Waals surface area contributed by atoms with E-state index in [1.807, 2.05) is 0 Å². The van der Waals surface area contributed by atoms with Crippen LogP contribution in [-0.4, -0.2) is 30.6 Å². The standard InChI is InChI=1S/C18H30N2/c1-15-8-11-17(12-9-15)20(2)18(14-19)13-10-16-6-4-3-5-7-16/h3-7,15,17-18H,8-14,19H2,1-2H3. The molecule has 1 atom stereocenters. The van der Waals surface area contributed by atoms with Crippen molar-refractivity contribution in [1.82, 2.24) is 4.90 Å². The van der Waals surface area contributed by atoms with Crippen LogP contribution in [0.5, 0.6) is 0 Å². The first-order chi connectivity index (χ1) is 9.70. The van der Waals surface area contributed by atoms with Crippen LogP contribution in [0.1, 0.15) is 44.6 Å². The maximum atomic E-state index is 6.03. The molecule has 20 heavy (non-hydrogen) atoms. The highest BCUT2D eigenvalue weighted by Crippen LogP contribution is 2.28. The van der Waals surface area contributed by atoms with Gasteiger partial charge in [0.25, 0.3) is 0 Å². The fraction of sp³-hybridized carbons (Fsp3) is 0.667. The summed E-state index contributed by atoms with van der Waals surface area (Å²) in [6.07, 6.45) is 7.76. The highest BCUT2D eigenvalue weighted by atomic mass is 15.2. The molecular formula is C18H30N2. The zero-order valence-electron chi connectivity index (χ0n) is 13.1. The Kier molecular flexibility index (Phi) is 6.06. The summed E-state index contributed by atoms with van der Waals surface area (Å²) in [6.45, 7) is 3.15. The number of aryl methyl sites for hydroxylation is 1. The zero-order chi connectivity index (χ0) is 14.4. The minimum atomic E-state index is 0.522. The lowest BCUT2D eigenvalue weighted by molar-refractivity contribution is 0.121. The van der Waals surface area contributed by atoms with Crippen molar-refractivity contribution in [2.45, 2.75) is 57.5 Å². The summed E-state index contributed by atoms with van der Waals surface area (Å²) >= 11 is 0. The second-order valence-electron chi connectivity index (χ2n) is 6.49. The third-order valence-electron chi connectivity index (χ3n) is 5.02. The molecule has 1 saturated carbocycles. The Morgan fingerprint density at radius 2 is 1.80 bits per heavy atom. The third kappa shape index (κ3) is 4.32. The Morgan fingerprint density at radius 1 is 1.15 bits per heavy atom. The van der Waals surface area contributed by atoms with Crippen molar-refractivity contribution in [3.8, 4) is 0 Å². The van der Waals surface area contributed by atoms with Gasteiger partial charge in [-0.05, 0) is 57.1 Å². The second kappa shape index (κ2) is 7.80. The van der Waals surface area contributed by atoms with Gasteiger partial charge in [-0.15, -0.1) is 0 Å². The monoisotopic (exact) mass is 274 g/mol. The number of benzene rings is 1. The lowest BCUT2D eigenvalue weighted by Gasteiger charge is -2.38. The van der Waals surface area contributed by atoms with E-state index in [0.717, 1.165) is 24.9 Å². The van der Waals surface area contributed by atoms with Crippen LogP contribution in [0.3, 0.4) is 0 Å². The van der Waals surface area contributed by atoms with Gasteiger partial charge in [-0.25, -0.2) is 0 Å². The molecular weight excluding hydrogens is 244 g/mol. The van der Waals surface area contributed by atoms with Crippen molar-refractivity contribution in [2.24, 2.45) is 11.7 Å². The van der Waals surface area contributed by atoms with Crippen molar-refractivity contribution in [3.63, 3.8) is 0 Å². The maximum Gasteiger partial charge on any atom is 0.0221 e. The molecule has 0 aromatic heterocycles. The predicted octanol–water partition coefficient (Wildman–Crippen LogP) is 3.46. The molecule has 1 aliphatic carbocycles. The molecule has 1 unspecified atom stereocenters. The summed E-state index contributed by atoms with van der Waals surface area (Å²) in [4.78, 5) is 2.56. The van der Waals surface area contributed by atoms with E-state index >= 15 is 0 Å². The lowest BCUT2D eigenvalue weighted by Crippen LogP contribution is -2.45. The van der Waals surface area contributed by atoms with Crippen LogP contribution < -0.4 is 5.73 Å². The zero-order valence-corrected chi connectivity index (χ0v) is 13.1. The van der Waals surface area contributed by atoms with E-state index < -0.39 is 0 Å². The van der Waals surface area contributed by atoms with Crippen LogP contribution in [0.4, 0.5) is 0 Å². The first-order valence-electron chi connectivity index (χ1n) is 8.16. The van der Waals surface area contributed by atoms with E-state index in [1.165, 1.54) is 37.7 Å². The highest BCUT2D eigenvalue weighted by Gasteiger charge is 2.25. The normalized spacial score (nSPS) is 24.8. The summed E-state index contributed by atoms with van der Waals surface area (Å²) < 4.78 is 0. The molecule has 0 aliphatic heterocycles. The van der Waals surface area contributed by atoms with Gasteiger partial charge in [0.2, 0.25) is 0 Å². The number of nitrogens with two attached hydrogens (primary N) is 1. The van der Waals surface area contributed by atoms with Gasteiger partial charge in [-0.3, -0.25) is 4.90 Å². The Bertz CT molecular complexity index is 368. The van der Waals surface area contributed by atoms with E-state index in [4.69, 9.17) is 5.73 Å². The molecule has 2 heteroatoms. The van der Waals surface area contributed by atoms with Crippen LogP contribution in [-0.2, 0) is 6.42 Å². The molecule has 112 valence electrons. The Morgan fingerprint density at radius 3 is 2.40 bits per heavy atom. The third-order valence-corrected chi connectivity index (χ3v) is 5.02. The molecule has 2 rings (SSSR count). The van der Waals surface area contributed by atoms with Gasteiger partial charge in [0.1, 0.15) is 0 Å². The lowest BCUT2D eigenvalue weighted by atomic mass is 9.86. The molecule has 0 heterocycles. The number of nitrogens with zero attached hydrogens (tertiary/aromatic N) is 1. The van der Waals surface area contributed by atoms with E-state index in [1.54, 1.807) is 0 Å². The summed E-state index contributed by atoms with van der Waals surface area (Å²) in [7, 11) is 2.28. The second-order valence-corrected chi connectivity index (χ2v) is 6.49. The summed E-state index contributed by atoms with van der Waals surface area (Å²) in [5, 5.41) is 0. The van der Waals surface area contributed by atoms with Crippen molar-refractivity contribution >= 4 is 0 Å². The van der Waals surface area contributed by atoms with Gasteiger partial charge in [0.05, 0.1) is 0 Å². The maximum absolute atomic E-state index is 6.03. The van der Waals surface area contributed by atoms with Crippen molar-refractivity contribution in [3.05, 3.63) is 35.9 Å². The van der Waals surface area contributed by atoms with Gasteiger partial charge >= 0.3 is 0 Å². The molecule has 1 aromatic carbocycles. The summed E-state index contributed by atoms with van der Waals surface area (Å²) in [5.74, 6) is 0.917. The van der Waals surface area contributed by atoms with E-state index in [9.17, 15) is 0 Å². The number of hydrogen-bond acceptors (Lipinski definition) is 2. The van der Waals surface area contributed by atoms with E-state index in [-0.39, 0.29) is 0 Å². The molecule has 0 saturated heterocycles. The predicted molar refractivity (Wildman–Crippen MR) is 86.8 cm³/mol. The van der Waals surface area contributed by atoms with Crippen molar-refractivity contribution in [2.75, 3.05) is 13.6 Å². The average molecular weight is 274 g/mol. The summed E-state index contributed by atoms with van der Waals surface area (Å²) in [5.41, 5.74) is 7.46. The molecule has 0 radical (unpaired) electrons. The molecule has 1 aliphatic rings. The topological polar surface area (TPSA) is 29.3 Å². The Balaban J connectivity index is 1.84. The fourth-order valence-corrected chi connectivity index (χ4v) is 3.41. The first-order valence-corrected chi connectivity index (χ1v) is 8.16. The van der Waals surface area contributed by atoms with Gasteiger partial charge in [-0.1, -0.05) is 37.3 Å². The smallest absolute Gasteiger partial charge is 0.0221 e. The minimum Gasteiger partial charge on any atom is -0.329 e. The number of rotatable bonds is 6. The van der Waals surface area contributed by atoms with Crippen LogP contribution in [0, 0.1) is 5.92 Å². The molecule has 1 fully saturated rings. The molecule has 1 aromatic rings. The van der Waals surface area contributed by atoms with Crippen LogP contribution in [0.2, 0.25) is 0 Å². The Hall–Kier alpha value is -0.860. The number of hydrogen-bond donors (Lipinski definition) is 1. The quantitative estimate of drug-likeness (QED) is 0.861. The largest absolute Gasteiger partial charge is 0.329 e. The first kappa shape index (κ1) is 15.5. The minimum absolute atomic E-state index is 0.522. The van der Waals surface area contributed by atoms with Crippen LogP contribution in [0.25, 0.3) is 0 Å². The average Bonchev–Trinajstić information content (AvgIpc) is 2.49. The summed E-state index contributed by atoms with van der Waals surface area (Å²) in [6, 6.07) is 12.0. The van der Waals surface area contributed by atoms with Gasteiger partial charge in [-0.2, -0.15) is 0 Å². The van der Waals surface area contributed by atoms with Crippen molar-refractivity contribution in [1.29, 1.82) is 0 Å². The van der Waals surface area contributed by atoms with Crippen LogP contribution >= 0.6 is 0 Å². The fourth-order valence-electron chi connectivity index (χ4n) is 3.41. The van der Waals surface area contributed by atoms with Crippen LogP contribution in [0.15, 0.2) is 30.3 Å². The van der Waals surface area contributed by atoms with Gasteiger partial charge in [0.15, 0.2) is 0 Å². The van der Waals surface area contributed by atoms with Gasteiger partial charge in [0, 0.05) is 18.6 Å². The molecule has 0 bridgehead atoms. The molecule has 0 amide bonds. The van der Waals surface area contributed by atoms with Crippen molar-refractivity contribution < 1.29 is 0 Å². The highest BCUT2D eigenvalue weighted by molar-refractivity contribution is 5.14. The molecule has 2 nitrogen and oxygen atoms in total.